The molecule has 21 heavy (non-hydrogen) atoms. The quantitative estimate of drug-likeness (QED) is 0.830. The molecule has 3 rings (SSSR count). The molecule has 0 saturated carbocycles. The summed E-state index contributed by atoms with van der Waals surface area (Å²) in [7, 11) is 0. The summed E-state index contributed by atoms with van der Waals surface area (Å²) in [5, 5.41) is 3.40. The number of hydrogen-bond donors (Lipinski definition) is 2. The summed E-state index contributed by atoms with van der Waals surface area (Å²) in [5.74, 6) is 0. The van der Waals surface area contributed by atoms with Crippen LogP contribution in [0, 0.1) is 0 Å². The Balaban J connectivity index is 1.54. The van der Waals surface area contributed by atoms with Gasteiger partial charge in [0.25, 0.3) is 0 Å². The van der Waals surface area contributed by atoms with Crippen molar-refractivity contribution in [2.24, 2.45) is 5.73 Å². The van der Waals surface area contributed by atoms with Gasteiger partial charge >= 0.3 is 0 Å². The van der Waals surface area contributed by atoms with Crippen LogP contribution in [0.15, 0.2) is 24.5 Å². The maximum atomic E-state index is 6.71. The van der Waals surface area contributed by atoms with E-state index in [0.717, 1.165) is 38.2 Å². The number of piperazine rings is 1. The Labute approximate surface area is 127 Å². The van der Waals surface area contributed by atoms with E-state index in [-0.39, 0.29) is 5.66 Å². The van der Waals surface area contributed by atoms with Crippen molar-refractivity contribution in [2.45, 2.75) is 24.9 Å². The van der Waals surface area contributed by atoms with Gasteiger partial charge in [0.2, 0.25) is 0 Å². The van der Waals surface area contributed by atoms with E-state index in [1.54, 1.807) is 0 Å². The van der Waals surface area contributed by atoms with Crippen molar-refractivity contribution in [1.82, 2.24) is 20.1 Å². The van der Waals surface area contributed by atoms with Crippen LogP contribution in [-0.4, -0.2) is 60.6 Å². The van der Waals surface area contributed by atoms with Gasteiger partial charge in [-0.3, -0.25) is 9.88 Å². The first kappa shape index (κ1) is 14.9. The summed E-state index contributed by atoms with van der Waals surface area (Å²) < 4.78 is 0. The van der Waals surface area contributed by atoms with Crippen LogP contribution in [0.4, 0.5) is 0 Å². The zero-order valence-electron chi connectivity index (χ0n) is 12.8. The summed E-state index contributed by atoms with van der Waals surface area (Å²) in [6, 6.07) is 4.10. The Kier molecular flexibility index (Phi) is 4.85. The first-order valence-corrected chi connectivity index (χ1v) is 8.16. The molecule has 3 N–H and O–H groups in total. The van der Waals surface area contributed by atoms with Crippen LogP contribution in [0.25, 0.3) is 0 Å². The van der Waals surface area contributed by atoms with E-state index in [1.165, 1.54) is 32.5 Å². The first-order chi connectivity index (χ1) is 10.3. The van der Waals surface area contributed by atoms with E-state index in [0.29, 0.717) is 0 Å². The molecule has 116 valence electrons. The zero-order chi connectivity index (χ0) is 14.5. The Bertz CT molecular complexity index is 432. The fraction of sp³-hybridized carbons (Fsp3) is 0.688. The number of likely N-dealkylation sites (tertiary alicyclic amines) is 1. The molecule has 1 aromatic rings. The molecular weight excluding hydrogens is 262 g/mol. The van der Waals surface area contributed by atoms with Crippen molar-refractivity contribution < 1.29 is 0 Å². The molecule has 5 nitrogen and oxygen atoms in total. The average molecular weight is 289 g/mol. The highest BCUT2D eigenvalue weighted by atomic mass is 15.3. The number of hydrogen-bond acceptors (Lipinski definition) is 5. The molecule has 1 unspecified atom stereocenters. The molecule has 5 heteroatoms. The largest absolute Gasteiger partial charge is 0.314 e. The van der Waals surface area contributed by atoms with Crippen LogP contribution in [0.1, 0.15) is 24.8 Å². The van der Waals surface area contributed by atoms with E-state index >= 15 is 0 Å². The van der Waals surface area contributed by atoms with Crippen molar-refractivity contribution in [3.63, 3.8) is 0 Å². The van der Waals surface area contributed by atoms with Gasteiger partial charge in [-0.25, -0.2) is 0 Å². The Morgan fingerprint density at radius 2 is 2.10 bits per heavy atom. The Hall–Kier alpha value is -1.01. The number of aromatic nitrogens is 1. The number of nitrogens with two attached hydrogens (primary N) is 1. The molecule has 1 atom stereocenters. The third-order valence-corrected chi connectivity index (χ3v) is 4.82. The Morgan fingerprint density at radius 1 is 1.24 bits per heavy atom. The predicted molar refractivity (Wildman–Crippen MR) is 84.8 cm³/mol. The van der Waals surface area contributed by atoms with Crippen molar-refractivity contribution >= 4 is 0 Å². The minimum atomic E-state index is -0.308. The standard InChI is InChI=1S/C16H27N5/c17-16(15-4-1-6-19-14-15)5-2-10-21(16)11-3-9-20-12-7-18-8-13-20/h1,4,6,14,18H,2-3,5,7-13,17H2. The molecule has 2 aliphatic rings. The van der Waals surface area contributed by atoms with Gasteiger partial charge in [0.15, 0.2) is 0 Å². The van der Waals surface area contributed by atoms with E-state index in [2.05, 4.69) is 26.2 Å². The van der Waals surface area contributed by atoms with Crippen LogP contribution < -0.4 is 11.1 Å². The fourth-order valence-electron chi connectivity index (χ4n) is 3.57. The van der Waals surface area contributed by atoms with Crippen molar-refractivity contribution in [3.8, 4) is 0 Å². The summed E-state index contributed by atoms with van der Waals surface area (Å²) in [5.41, 5.74) is 7.56. The van der Waals surface area contributed by atoms with Gasteiger partial charge in [-0.2, -0.15) is 0 Å². The number of nitrogens with one attached hydrogen (secondary N) is 1. The van der Waals surface area contributed by atoms with Gasteiger partial charge in [0, 0.05) is 57.2 Å². The molecule has 0 bridgehead atoms. The smallest absolute Gasteiger partial charge is 0.0965 e. The highest BCUT2D eigenvalue weighted by Crippen LogP contribution is 2.33. The van der Waals surface area contributed by atoms with E-state index in [4.69, 9.17) is 5.73 Å². The van der Waals surface area contributed by atoms with E-state index in [9.17, 15) is 0 Å². The van der Waals surface area contributed by atoms with Gasteiger partial charge in [-0.1, -0.05) is 6.07 Å². The maximum absolute atomic E-state index is 6.71. The zero-order valence-corrected chi connectivity index (χ0v) is 12.8. The van der Waals surface area contributed by atoms with Gasteiger partial charge in [-0.05, 0) is 31.9 Å². The molecule has 2 fully saturated rings. The fourth-order valence-corrected chi connectivity index (χ4v) is 3.57. The molecule has 0 radical (unpaired) electrons. The topological polar surface area (TPSA) is 57.4 Å². The van der Waals surface area contributed by atoms with E-state index < -0.39 is 0 Å². The first-order valence-electron chi connectivity index (χ1n) is 8.16. The maximum Gasteiger partial charge on any atom is 0.0965 e. The summed E-state index contributed by atoms with van der Waals surface area (Å²) >= 11 is 0. The van der Waals surface area contributed by atoms with Crippen LogP contribution >= 0.6 is 0 Å². The minimum absolute atomic E-state index is 0.308. The molecule has 2 aliphatic heterocycles. The molecule has 0 aromatic carbocycles. The summed E-state index contributed by atoms with van der Waals surface area (Å²) in [6.45, 7) is 7.97. The monoisotopic (exact) mass is 289 g/mol. The second-order valence-electron chi connectivity index (χ2n) is 6.20. The second-order valence-corrected chi connectivity index (χ2v) is 6.20. The van der Waals surface area contributed by atoms with Crippen LogP contribution in [-0.2, 0) is 5.66 Å². The SMILES string of the molecule is NC1(c2cccnc2)CCCN1CCCN1CCNCC1. The lowest BCUT2D eigenvalue weighted by Gasteiger charge is -2.36. The van der Waals surface area contributed by atoms with Crippen LogP contribution in [0.3, 0.4) is 0 Å². The molecular formula is C16H27N5. The van der Waals surface area contributed by atoms with Crippen LogP contribution in [0.2, 0.25) is 0 Å². The number of nitrogens with zero attached hydrogens (tertiary/aromatic N) is 3. The predicted octanol–water partition coefficient (Wildman–Crippen LogP) is 0.584. The lowest BCUT2D eigenvalue weighted by atomic mass is 9.99. The number of rotatable bonds is 5. The van der Waals surface area contributed by atoms with Crippen molar-refractivity contribution in [2.75, 3.05) is 45.8 Å². The third kappa shape index (κ3) is 3.43. The molecule has 2 saturated heterocycles. The molecule has 3 heterocycles. The van der Waals surface area contributed by atoms with Crippen LogP contribution in [0.5, 0.6) is 0 Å². The van der Waals surface area contributed by atoms with Gasteiger partial charge < -0.3 is 16.0 Å². The summed E-state index contributed by atoms with van der Waals surface area (Å²) in [6.07, 6.45) is 7.15. The minimum Gasteiger partial charge on any atom is -0.314 e. The summed E-state index contributed by atoms with van der Waals surface area (Å²) in [4.78, 5) is 9.24. The highest BCUT2D eigenvalue weighted by Gasteiger charge is 2.38. The molecule has 1 aromatic heterocycles. The molecule has 0 amide bonds. The normalized spacial score (nSPS) is 28.0. The van der Waals surface area contributed by atoms with Crippen molar-refractivity contribution in [1.29, 1.82) is 0 Å². The van der Waals surface area contributed by atoms with Gasteiger partial charge in [-0.15, -0.1) is 0 Å². The second kappa shape index (κ2) is 6.83. The lowest BCUT2D eigenvalue weighted by molar-refractivity contribution is 0.130. The van der Waals surface area contributed by atoms with E-state index in [1.807, 2.05) is 18.5 Å². The van der Waals surface area contributed by atoms with Gasteiger partial charge in [0.05, 0.1) is 5.66 Å². The molecule has 0 spiro atoms. The average Bonchev–Trinajstić information content (AvgIpc) is 2.92. The highest BCUT2D eigenvalue weighted by molar-refractivity contribution is 5.20. The lowest BCUT2D eigenvalue weighted by Crippen LogP contribution is -2.50. The number of pyridine rings is 1. The van der Waals surface area contributed by atoms with Crippen molar-refractivity contribution in [3.05, 3.63) is 30.1 Å². The Morgan fingerprint density at radius 3 is 2.86 bits per heavy atom. The third-order valence-electron chi connectivity index (χ3n) is 4.82. The van der Waals surface area contributed by atoms with Gasteiger partial charge in [0.1, 0.15) is 0 Å². The molecule has 0 aliphatic carbocycles.